The summed E-state index contributed by atoms with van der Waals surface area (Å²) in [7, 11) is 0. The smallest absolute Gasteiger partial charge is 0.237 e. The number of nitrogens with zero attached hydrogens (tertiary/aromatic N) is 3. The minimum atomic E-state index is -2.63. The van der Waals surface area contributed by atoms with Crippen LogP contribution in [0.25, 0.3) is 5.82 Å². The van der Waals surface area contributed by atoms with Crippen LogP contribution in [0.2, 0.25) is 0 Å². The summed E-state index contributed by atoms with van der Waals surface area (Å²) in [6.07, 6.45) is 0.272. The zero-order valence-electron chi connectivity index (χ0n) is 9.07. The van der Waals surface area contributed by atoms with E-state index < -0.39 is 6.43 Å². The molecule has 2 heterocycles. The van der Waals surface area contributed by atoms with Crippen molar-refractivity contribution in [3.8, 4) is 5.82 Å². The molecular weight excluding hydrogens is 248 g/mol. The molecule has 17 heavy (non-hydrogen) atoms. The number of halogens is 3. The Kier molecular flexibility index (Phi) is 3.38. The van der Waals surface area contributed by atoms with E-state index >= 15 is 0 Å². The van der Waals surface area contributed by atoms with E-state index in [4.69, 9.17) is 11.6 Å². The SMILES string of the molecule is Cc1ccnc(-n2ncc(CCl)c2C(F)F)c1. The first-order valence-electron chi connectivity index (χ1n) is 4.97. The van der Waals surface area contributed by atoms with E-state index in [2.05, 4.69) is 10.1 Å². The van der Waals surface area contributed by atoms with Crippen LogP contribution in [0.15, 0.2) is 24.5 Å². The van der Waals surface area contributed by atoms with Crippen LogP contribution in [0.3, 0.4) is 0 Å². The van der Waals surface area contributed by atoms with Crippen LogP contribution >= 0.6 is 11.6 Å². The summed E-state index contributed by atoms with van der Waals surface area (Å²) in [6, 6.07) is 3.48. The summed E-state index contributed by atoms with van der Waals surface area (Å²) >= 11 is 5.60. The van der Waals surface area contributed by atoms with E-state index in [1.165, 1.54) is 6.20 Å². The summed E-state index contributed by atoms with van der Waals surface area (Å²) < 4.78 is 27.0. The lowest BCUT2D eigenvalue weighted by molar-refractivity contribution is 0.141. The fraction of sp³-hybridized carbons (Fsp3) is 0.273. The van der Waals surface area contributed by atoms with Crippen LogP contribution in [-0.2, 0) is 5.88 Å². The molecule has 0 aromatic carbocycles. The minimum Gasteiger partial charge on any atom is -0.237 e. The highest BCUT2D eigenvalue weighted by molar-refractivity contribution is 6.17. The Balaban J connectivity index is 2.56. The number of rotatable bonds is 3. The molecule has 2 aromatic rings. The molecule has 0 bridgehead atoms. The largest absolute Gasteiger partial charge is 0.280 e. The lowest BCUT2D eigenvalue weighted by Gasteiger charge is -2.07. The molecule has 90 valence electrons. The second-order valence-electron chi connectivity index (χ2n) is 3.59. The quantitative estimate of drug-likeness (QED) is 0.790. The van der Waals surface area contributed by atoms with Crippen LogP contribution in [0.4, 0.5) is 8.78 Å². The maximum atomic E-state index is 12.9. The van der Waals surface area contributed by atoms with Crippen LogP contribution < -0.4 is 0 Å². The molecule has 0 aliphatic rings. The highest BCUT2D eigenvalue weighted by Crippen LogP contribution is 2.26. The molecule has 2 rings (SSSR count). The van der Waals surface area contributed by atoms with Crippen LogP contribution in [0, 0.1) is 6.92 Å². The highest BCUT2D eigenvalue weighted by atomic mass is 35.5. The van der Waals surface area contributed by atoms with E-state index in [9.17, 15) is 8.78 Å². The van der Waals surface area contributed by atoms with Gasteiger partial charge in [0.25, 0.3) is 6.43 Å². The lowest BCUT2D eigenvalue weighted by atomic mass is 10.2. The van der Waals surface area contributed by atoms with Crippen molar-refractivity contribution in [2.24, 2.45) is 0 Å². The summed E-state index contributed by atoms with van der Waals surface area (Å²) in [6.45, 7) is 1.86. The second kappa shape index (κ2) is 4.79. The Morgan fingerprint density at radius 2 is 2.24 bits per heavy atom. The second-order valence-corrected chi connectivity index (χ2v) is 3.86. The minimum absolute atomic E-state index is 0.00545. The number of aromatic nitrogens is 3. The average Bonchev–Trinajstić information content (AvgIpc) is 2.72. The number of pyridine rings is 1. The molecule has 0 fully saturated rings. The first-order chi connectivity index (χ1) is 8.13. The average molecular weight is 258 g/mol. The van der Waals surface area contributed by atoms with Crippen molar-refractivity contribution in [2.45, 2.75) is 19.2 Å². The molecule has 0 unspecified atom stereocenters. The fourth-order valence-corrected chi connectivity index (χ4v) is 1.75. The van der Waals surface area contributed by atoms with Gasteiger partial charge in [0.2, 0.25) is 0 Å². The summed E-state index contributed by atoms with van der Waals surface area (Å²) in [5, 5.41) is 3.91. The standard InChI is InChI=1S/C11H10ClF2N3/c1-7-2-3-15-9(4-7)17-10(11(13)14)8(5-12)6-16-17/h2-4,6,11H,5H2,1H3. The third-order valence-corrected chi connectivity index (χ3v) is 2.64. The molecule has 0 amide bonds. The summed E-state index contributed by atoms with van der Waals surface area (Å²) in [4.78, 5) is 4.02. The topological polar surface area (TPSA) is 30.7 Å². The van der Waals surface area contributed by atoms with Gasteiger partial charge in [0.1, 0.15) is 5.69 Å². The van der Waals surface area contributed by atoms with Crippen molar-refractivity contribution in [3.05, 3.63) is 41.3 Å². The van der Waals surface area contributed by atoms with Gasteiger partial charge in [0, 0.05) is 11.8 Å². The van der Waals surface area contributed by atoms with E-state index in [0.29, 0.717) is 11.4 Å². The van der Waals surface area contributed by atoms with Gasteiger partial charge >= 0.3 is 0 Å². The van der Waals surface area contributed by atoms with Crippen molar-refractivity contribution in [1.29, 1.82) is 0 Å². The maximum absolute atomic E-state index is 12.9. The Morgan fingerprint density at radius 3 is 2.82 bits per heavy atom. The first kappa shape index (κ1) is 12.0. The van der Waals surface area contributed by atoms with E-state index in [1.807, 2.05) is 6.92 Å². The molecule has 0 atom stereocenters. The number of hydrogen-bond acceptors (Lipinski definition) is 2. The Bertz CT molecular complexity index is 525. The summed E-state index contributed by atoms with van der Waals surface area (Å²) in [5.74, 6) is 0.377. The van der Waals surface area contributed by atoms with Gasteiger partial charge in [-0.1, -0.05) is 0 Å². The van der Waals surface area contributed by atoms with E-state index in [-0.39, 0.29) is 11.6 Å². The van der Waals surface area contributed by atoms with E-state index in [0.717, 1.165) is 10.2 Å². The van der Waals surface area contributed by atoms with Crippen LogP contribution in [0.1, 0.15) is 23.2 Å². The lowest BCUT2D eigenvalue weighted by Crippen LogP contribution is -2.06. The van der Waals surface area contributed by atoms with Gasteiger partial charge in [-0.25, -0.2) is 18.4 Å². The molecule has 6 heteroatoms. The van der Waals surface area contributed by atoms with Gasteiger partial charge in [-0.05, 0) is 24.6 Å². The van der Waals surface area contributed by atoms with Gasteiger partial charge in [0.05, 0.1) is 12.1 Å². The Morgan fingerprint density at radius 1 is 1.47 bits per heavy atom. The van der Waals surface area contributed by atoms with Crippen molar-refractivity contribution in [1.82, 2.24) is 14.8 Å². The van der Waals surface area contributed by atoms with Gasteiger partial charge in [-0.15, -0.1) is 11.6 Å². The van der Waals surface area contributed by atoms with Gasteiger partial charge < -0.3 is 0 Å². The molecule has 2 aromatic heterocycles. The zero-order valence-corrected chi connectivity index (χ0v) is 9.83. The molecule has 0 saturated heterocycles. The molecule has 0 saturated carbocycles. The molecule has 3 nitrogen and oxygen atoms in total. The number of aryl methyl sites for hydroxylation is 1. The van der Waals surface area contributed by atoms with Crippen molar-refractivity contribution in [3.63, 3.8) is 0 Å². The van der Waals surface area contributed by atoms with Crippen molar-refractivity contribution < 1.29 is 8.78 Å². The van der Waals surface area contributed by atoms with Crippen molar-refractivity contribution in [2.75, 3.05) is 0 Å². The van der Waals surface area contributed by atoms with Gasteiger partial charge in [-0.3, -0.25) is 0 Å². The highest BCUT2D eigenvalue weighted by Gasteiger charge is 2.20. The summed E-state index contributed by atoms with van der Waals surface area (Å²) in [5.41, 5.74) is 1.06. The van der Waals surface area contributed by atoms with Crippen LogP contribution in [0.5, 0.6) is 0 Å². The normalized spacial score (nSPS) is 11.1. The molecule has 0 N–H and O–H groups in total. The molecular formula is C11H10ClF2N3. The third-order valence-electron chi connectivity index (χ3n) is 2.35. The fourth-order valence-electron chi connectivity index (χ4n) is 1.55. The zero-order chi connectivity index (χ0) is 12.4. The van der Waals surface area contributed by atoms with Gasteiger partial charge in [-0.2, -0.15) is 5.10 Å². The predicted octanol–water partition coefficient (Wildman–Crippen LogP) is 3.25. The predicted molar refractivity (Wildman–Crippen MR) is 60.6 cm³/mol. The molecule has 0 spiro atoms. The molecule has 0 radical (unpaired) electrons. The van der Waals surface area contributed by atoms with Gasteiger partial charge in [0.15, 0.2) is 5.82 Å². The van der Waals surface area contributed by atoms with E-state index in [1.54, 1.807) is 18.3 Å². The number of hydrogen-bond donors (Lipinski definition) is 0. The number of alkyl halides is 3. The third kappa shape index (κ3) is 2.29. The van der Waals surface area contributed by atoms with Crippen LogP contribution in [-0.4, -0.2) is 14.8 Å². The maximum Gasteiger partial charge on any atom is 0.280 e. The molecule has 0 aliphatic heterocycles. The first-order valence-corrected chi connectivity index (χ1v) is 5.51. The Labute approximate surface area is 102 Å². The monoisotopic (exact) mass is 257 g/mol. The Hall–Kier alpha value is -1.49. The van der Waals surface area contributed by atoms with Crippen molar-refractivity contribution >= 4 is 11.6 Å². The molecule has 0 aliphatic carbocycles.